The van der Waals surface area contributed by atoms with Crippen molar-refractivity contribution in [2.24, 2.45) is 0 Å². The molecule has 0 spiro atoms. The van der Waals surface area contributed by atoms with Crippen LogP contribution in [0, 0.1) is 13.8 Å². The summed E-state index contributed by atoms with van der Waals surface area (Å²) in [6.07, 6.45) is 0.770. The van der Waals surface area contributed by atoms with Crippen LogP contribution in [-0.2, 0) is 11.3 Å². The minimum absolute atomic E-state index is 0.0491. The molecule has 0 radical (unpaired) electrons. The highest BCUT2D eigenvalue weighted by atomic mass is 16.3. The number of aliphatic hydroxyl groups excluding tert-OH is 1. The predicted molar refractivity (Wildman–Crippen MR) is 103 cm³/mol. The van der Waals surface area contributed by atoms with E-state index in [9.17, 15) is 14.7 Å². The molecule has 0 fully saturated rings. The number of phenols is 1. The molecular weight excluding hydrogens is 334 g/mol. The maximum atomic E-state index is 12.9. The van der Waals surface area contributed by atoms with Crippen molar-refractivity contribution in [1.29, 1.82) is 0 Å². The van der Waals surface area contributed by atoms with Crippen LogP contribution >= 0.6 is 0 Å². The molecule has 7 heteroatoms. The van der Waals surface area contributed by atoms with Gasteiger partial charge in [-0.2, -0.15) is 0 Å². The zero-order chi connectivity index (χ0) is 19.6. The molecule has 0 aliphatic carbocycles. The molecule has 0 bridgehead atoms. The minimum atomic E-state index is -0.282. The number of aromatic hydroxyl groups is 1. The lowest BCUT2D eigenvalue weighted by Crippen LogP contribution is -2.19. The summed E-state index contributed by atoms with van der Waals surface area (Å²) in [5.74, 6) is -0.0831. The van der Waals surface area contributed by atoms with E-state index < -0.39 is 0 Å². The third-order valence-corrected chi connectivity index (χ3v) is 4.16. The summed E-state index contributed by atoms with van der Waals surface area (Å²) < 4.78 is 1.70. The van der Waals surface area contributed by atoms with Gasteiger partial charge in [-0.05, 0) is 37.6 Å². The second-order valence-electron chi connectivity index (χ2n) is 6.11. The van der Waals surface area contributed by atoms with Crippen molar-refractivity contribution in [3.8, 4) is 5.75 Å². The molecule has 0 amide bonds. The molecule has 2 heterocycles. The van der Waals surface area contributed by atoms with Crippen LogP contribution in [0.3, 0.4) is 0 Å². The summed E-state index contributed by atoms with van der Waals surface area (Å²) in [5, 5.41) is 18.0. The van der Waals surface area contributed by atoms with E-state index >= 15 is 0 Å². The lowest BCUT2D eigenvalue weighted by atomic mass is 10.0. The highest BCUT2D eigenvalue weighted by molar-refractivity contribution is 6.03. The molecule has 7 nitrogen and oxygen atoms in total. The van der Waals surface area contributed by atoms with E-state index in [1.807, 2.05) is 32.8 Å². The maximum absolute atomic E-state index is 12.9. The number of fused-ring (bicyclic) bond motifs is 2. The quantitative estimate of drug-likeness (QED) is 0.548. The molecule has 0 atom stereocenters. The predicted octanol–water partition coefficient (Wildman–Crippen LogP) is 1.75. The number of aromatic nitrogens is 2. The van der Waals surface area contributed by atoms with Gasteiger partial charge in [-0.25, -0.2) is 4.98 Å². The van der Waals surface area contributed by atoms with Crippen LogP contribution in [0.1, 0.15) is 11.3 Å². The number of aldehydes is 1. The number of anilines is 1. The third kappa shape index (κ3) is 3.01. The Morgan fingerprint density at radius 2 is 1.88 bits per heavy atom. The van der Waals surface area contributed by atoms with E-state index in [1.54, 1.807) is 22.8 Å². The molecule has 0 saturated carbocycles. The van der Waals surface area contributed by atoms with Gasteiger partial charge in [-0.1, -0.05) is 0 Å². The third-order valence-electron chi connectivity index (χ3n) is 4.16. The Kier molecular flexibility index (Phi) is 5.62. The molecule has 3 rings (SSSR count). The Morgan fingerprint density at radius 3 is 2.46 bits per heavy atom. The Hall–Kier alpha value is -2.93. The lowest BCUT2D eigenvalue weighted by molar-refractivity contribution is -0.108. The summed E-state index contributed by atoms with van der Waals surface area (Å²) in [7, 11) is 4.73. The van der Waals surface area contributed by atoms with Crippen molar-refractivity contribution < 1.29 is 15.0 Å². The number of aliphatic hydroxyl groups is 1. The number of carbonyl (C=O) groups excluding carboxylic acids is 1. The first-order chi connectivity index (χ1) is 12.4. The number of rotatable bonds is 3. The Labute approximate surface area is 151 Å². The lowest BCUT2D eigenvalue weighted by Gasteiger charge is -2.22. The molecular formula is C19H23N3O4. The number of aryl methyl sites for hydroxylation is 2. The summed E-state index contributed by atoms with van der Waals surface area (Å²) in [4.78, 5) is 30.6. The molecule has 2 N–H and O–H groups in total. The van der Waals surface area contributed by atoms with Crippen LogP contribution in [-0.4, -0.2) is 47.3 Å². The summed E-state index contributed by atoms with van der Waals surface area (Å²) in [6.45, 7) is 3.74. The SMILES string of the molecule is CO.Cc1ccc2c(=O)c3c(O)cc(C)c(N(C)C)c3n(CC=O)c2n1. The summed E-state index contributed by atoms with van der Waals surface area (Å²) in [5.41, 5.74) is 3.05. The Morgan fingerprint density at radius 1 is 1.23 bits per heavy atom. The first kappa shape index (κ1) is 19.4. The number of nitrogens with zero attached hydrogens (tertiary/aromatic N) is 3. The molecule has 138 valence electrons. The normalized spacial score (nSPS) is 10.5. The maximum Gasteiger partial charge on any atom is 0.202 e. The molecule has 1 aromatic carbocycles. The zero-order valence-corrected chi connectivity index (χ0v) is 15.6. The van der Waals surface area contributed by atoms with E-state index in [0.29, 0.717) is 16.6 Å². The van der Waals surface area contributed by atoms with Gasteiger partial charge < -0.3 is 24.5 Å². The molecule has 0 saturated heterocycles. The summed E-state index contributed by atoms with van der Waals surface area (Å²) >= 11 is 0. The van der Waals surface area contributed by atoms with Crippen molar-refractivity contribution in [3.63, 3.8) is 0 Å². The molecule has 3 aromatic rings. The standard InChI is InChI=1S/C18H19N3O3.CH4O/c1-10-9-13(23)14-16(15(10)20(3)4)21(7-8-22)18-12(17(14)24)6-5-11(2)19-18;1-2/h5-6,8-9,23H,7H2,1-4H3;2H,1H3. The van der Waals surface area contributed by atoms with Gasteiger partial charge in [-0.15, -0.1) is 0 Å². The van der Waals surface area contributed by atoms with Crippen molar-refractivity contribution in [2.45, 2.75) is 20.4 Å². The van der Waals surface area contributed by atoms with Gasteiger partial charge >= 0.3 is 0 Å². The smallest absolute Gasteiger partial charge is 0.202 e. The van der Waals surface area contributed by atoms with Crippen LogP contribution < -0.4 is 10.3 Å². The van der Waals surface area contributed by atoms with Gasteiger partial charge in [0.05, 0.1) is 28.5 Å². The Balaban J connectivity index is 0.00000117. The van der Waals surface area contributed by atoms with Crippen LogP contribution in [0.25, 0.3) is 21.9 Å². The van der Waals surface area contributed by atoms with Gasteiger partial charge in [0.15, 0.2) is 0 Å². The number of pyridine rings is 2. The average Bonchev–Trinajstić information content (AvgIpc) is 2.59. The van der Waals surface area contributed by atoms with Crippen LogP contribution in [0.4, 0.5) is 5.69 Å². The molecule has 0 aliphatic heterocycles. The highest BCUT2D eigenvalue weighted by Gasteiger charge is 2.20. The van der Waals surface area contributed by atoms with Gasteiger partial charge in [0, 0.05) is 26.9 Å². The topological polar surface area (TPSA) is 95.7 Å². The van der Waals surface area contributed by atoms with Gasteiger partial charge in [0.25, 0.3) is 0 Å². The largest absolute Gasteiger partial charge is 0.507 e. The van der Waals surface area contributed by atoms with Gasteiger partial charge in [-0.3, -0.25) is 4.79 Å². The fourth-order valence-electron chi connectivity index (χ4n) is 3.24. The molecule has 0 unspecified atom stereocenters. The molecule has 26 heavy (non-hydrogen) atoms. The van der Waals surface area contributed by atoms with Crippen molar-refractivity contribution in [3.05, 3.63) is 39.7 Å². The minimum Gasteiger partial charge on any atom is -0.507 e. The van der Waals surface area contributed by atoms with E-state index in [2.05, 4.69) is 4.98 Å². The number of hydrogen-bond donors (Lipinski definition) is 2. The van der Waals surface area contributed by atoms with E-state index in [-0.39, 0.29) is 23.1 Å². The van der Waals surface area contributed by atoms with Crippen LogP contribution in [0.2, 0.25) is 0 Å². The zero-order valence-electron chi connectivity index (χ0n) is 15.6. The number of carbonyl (C=O) groups is 1. The van der Waals surface area contributed by atoms with Crippen LogP contribution in [0.5, 0.6) is 5.75 Å². The summed E-state index contributed by atoms with van der Waals surface area (Å²) in [6, 6.07) is 5.02. The highest BCUT2D eigenvalue weighted by Crippen LogP contribution is 2.35. The van der Waals surface area contributed by atoms with Crippen molar-refractivity contribution in [1.82, 2.24) is 9.55 Å². The van der Waals surface area contributed by atoms with Gasteiger partial charge in [0.2, 0.25) is 5.43 Å². The molecule has 2 aromatic heterocycles. The van der Waals surface area contributed by atoms with Gasteiger partial charge in [0.1, 0.15) is 17.7 Å². The number of benzene rings is 1. The van der Waals surface area contributed by atoms with E-state index in [1.165, 1.54) is 0 Å². The Bertz CT molecular complexity index is 1040. The molecule has 0 aliphatic rings. The number of phenolic OH excluding ortho intramolecular Hbond substituents is 1. The first-order valence-electron chi connectivity index (χ1n) is 8.09. The fourth-order valence-corrected chi connectivity index (χ4v) is 3.24. The second kappa shape index (κ2) is 7.53. The van der Waals surface area contributed by atoms with Crippen LogP contribution in [0.15, 0.2) is 23.0 Å². The van der Waals surface area contributed by atoms with E-state index in [4.69, 9.17) is 5.11 Å². The second-order valence-corrected chi connectivity index (χ2v) is 6.11. The number of hydrogen-bond acceptors (Lipinski definition) is 6. The van der Waals surface area contributed by atoms with E-state index in [0.717, 1.165) is 30.3 Å². The first-order valence-corrected chi connectivity index (χ1v) is 8.09. The van der Waals surface area contributed by atoms with Crippen molar-refractivity contribution in [2.75, 3.05) is 26.1 Å². The fraction of sp³-hybridized carbons (Fsp3) is 0.316. The average molecular weight is 357 g/mol. The monoisotopic (exact) mass is 357 g/mol. The van der Waals surface area contributed by atoms with Crippen molar-refractivity contribution >= 4 is 33.9 Å².